The van der Waals surface area contributed by atoms with Crippen molar-refractivity contribution in [2.75, 3.05) is 5.32 Å². The molecule has 0 radical (unpaired) electrons. The molecule has 0 saturated carbocycles. The Bertz CT molecular complexity index is 657. The van der Waals surface area contributed by atoms with E-state index in [2.05, 4.69) is 10.3 Å². The maximum atomic E-state index is 13.1. The molecule has 5 nitrogen and oxygen atoms in total. The van der Waals surface area contributed by atoms with Crippen LogP contribution in [0.4, 0.5) is 15.8 Å². The lowest BCUT2D eigenvalue weighted by atomic mass is 10.2. The van der Waals surface area contributed by atoms with E-state index in [1.165, 1.54) is 12.1 Å². The topological polar surface area (TPSA) is 68.1 Å². The molecule has 0 fully saturated rings. The van der Waals surface area contributed by atoms with Gasteiger partial charge in [-0.25, -0.2) is 9.37 Å². The van der Waals surface area contributed by atoms with Crippen molar-refractivity contribution in [1.29, 1.82) is 0 Å². The molecule has 20 heavy (non-hydrogen) atoms. The first-order valence-electron chi connectivity index (χ1n) is 6.03. The third-order valence-corrected chi connectivity index (χ3v) is 3.78. The van der Waals surface area contributed by atoms with Gasteiger partial charge >= 0.3 is 0 Å². The van der Waals surface area contributed by atoms with Crippen LogP contribution in [0.5, 0.6) is 0 Å². The molecule has 1 atom stereocenters. The predicted molar refractivity (Wildman–Crippen MR) is 76.7 cm³/mol. The first kappa shape index (κ1) is 14.4. The Hall–Kier alpha value is -2.02. The van der Waals surface area contributed by atoms with Crippen molar-refractivity contribution in [1.82, 2.24) is 4.98 Å². The second kappa shape index (κ2) is 5.54. The Kier molecular flexibility index (Phi) is 3.99. The number of aromatic nitrogens is 1. The smallest absolute Gasteiger partial charge is 0.295 e. The Balaban J connectivity index is 2.30. The number of hydrogen-bond donors (Lipinski definition) is 1. The number of thiazole rings is 1. The zero-order valence-electron chi connectivity index (χ0n) is 11.3. The van der Waals surface area contributed by atoms with Crippen LogP contribution in [-0.2, 0) is 0 Å². The van der Waals surface area contributed by atoms with Gasteiger partial charge in [0.2, 0.25) is 0 Å². The molecule has 2 aromatic rings. The van der Waals surface area contributed by atoms with Crippen molar-refractivity contribution in [3.8, 4) is 0 Å². The van der Waals surface area contributed by atoms with Crippen LogP contribution < -0.4 is 5.32 Å². The Morgan fingerprint density at radius 1 is 1.45 bits per heavy atom. The fraction of sp³-hybridized carbons (Fsp3) is 0.308. The van der Waals surface area contributed by atoms with Gasteiger partial charge < -0.3 is 5.32 Å². The summed E-state index contributed by atoms with van der Waals surface area (Å²) >= 11 is 1.58. The summed E-state index contributed by atoms with van der Waals surface area (Å²) in [5.74, 6) is -0.629. The Morgan fingerprint density at radius 3 is 2.70 bits per heavy atom. The summed E-state index contributed by atoms with van der Waals surface area (Å²) in [6.45, 7) is 5.74. The molecule has 106 valence electrons. The molecule has 0 amide bonds. The average molecular weight is 295 g/mol. The normalized spacial score (nSPS) is 12.2. The van der Waals surface area contributed by atoms with Gasteiger partial charge in [-0.3, -0.25) is 10.1 Å². The molecular formula is C13H14FN3O2S. The second-order valence-corrected chi connectivity index (χ2v) is 5.87. The second-order valence-electron chi connectivity index (χ2n) is 4.46. The molecule has 1 aromatic carbocycles. The highest BCUT2D eigenvalue weighted by atomic mass is 32.1. The predicted octanol–water partition coefficient (Wildman–Crippen LogP) is 3.98. The molecule has 1 N–H and O–H groups in total. The van der Waals surface area contributed by atoms with Gasteiger partial charge in [0, 0.05) is 4.88 Å². The number of nitrogens with one attached hydrogen (secondary N) is 1. The molecule has 0 aliphatic rings. The number of hydrogen-bond acceptors (Lipinski definition) is 5. The van der Waals surface area contributed by atoms with E-state index in [0.717, 1.165) is 21.6 Å². The van der Waals surface area contributed by atoms with Gasteiger partial charge in [-0.05, 0) is 32.9 Å². The van der Waals surface area contributed by atoms with Crippen molar-refractivity contribution in [3.05, 3.63) is 49.7 Å². The summed E-state index contributed by atoms with van der Waals surface area (Å²) in [5, 5.41) is 14.9. The zero-order chi connectivity index (χ0) is 14.9. The van der Waals surface area contributed by atoms with E-state index in [4.69, 9.17) is 0 Å². The summed E-state index contributed by atoms with van der Waals surface area (Å²) in [6.07, 6.45) is 0. The van der Waals surface area contributed by atoms with Crippen LogP contribution in [-0.4, -0.2) is 9.91 Å². The van der Waals surface area contributed by atoms with Crippen molar-refractivity contribution in [2.45, 2.75) is 26.8 Å². The number of nitrogens with zero attached hydrogens (tertiary/aromatic N) is 2. The van der Waals surface area contributed by atoms with Gasteiger partial charge in [-0.15, -0.1) is 11.3 Å². The standard InChI is InChI=1S/C13H14FN3O2S/c1-7(13-8(2)20-9(3)16-13)15-11-5-4-10(14)6-12(11)17(18)19/h4-7,15H,1-3H3. The molecule has 7 heteroatoms. The largest absolute Gasteiger partial charge is 0.371 e. The number of nitro groups is 1. The van der Waals surface area contributed by atoms with Gasteiger partial charge in [0.25, 0.3) is 5.69 Å². The zero-order valence-corrected chi connectivity index (χ0v) is 12.1. The Morgan fingerprint density at radius 2 is 2.15 bits per heavy atom. The van der Waals surface area contributed by atoms with Crippen molar-refractivity contribution < 1.29 is 9.31 Å². The van der Waals surface area contributed by atoms with Crippen LogP contribution in [0, 0.1) is 29.8 Å². The van der Waals surface area contributed by atoms with E-state index in [-0.39, 0.29) is 17.4 Å². The molecular weight excluding hydrogens is 281 g/mol. The molecule has 1 unspecified atom stereocenters. The number of aryl methyl sites for hydroxylation is 2. The van der Waals surface area contributed by atoms with Crippen LogP contribution in [0.25, 0.3) is 0 Å². The number of benzene rings is 1. The summed E-state index contributed by atoms with van der Waals surface area (Å²) in [4.78, 5) is 15.8. The van der Waals surface area contributed by atoms with E-state index in [1.807, 2.05) is 20.8 Å². The first-order chi connectivity index (χ1) is 9.38. The SMILES string of the molecule is Cc1nc(C(C)Nc2ccc(F)cc2[N+](=O)[O-])c(C)s1. The van der Waals surface area contributed by atoms with Gasteiger partial charge in [-0.2, -0.15) is 0 Å². The van der Waals surface area contributed by atoms with Gasteiger partial charge in [0.1, 0.15) is 11.5 Å². The fourth-order valence-electron chi connectivity index (χ4n) is 2.03. The molecule has 1 aromatic heterocycles. The van der Waals surface area contributed by atoms with E-state index < -0.39 is 10.7 Å². The monoisotopic (exact) mass is 295 g/mol. The molecule has 0 spiro atoms. The van der Waals surface area contributed by atoms with Crippen LogP contribution in [0.2, 0.25) is 0 Å². The van der Waals surface area contributed by atoms with E-state index in [1.54, 1.807) is 11.3 Å². The summed E-state index contributed by atoms with van der Waals surface area (Å²) < 4.78 is 13.1. The molecule has 0 aliphatic carbocycles. The van der Waals surface area contributed by atoms with Crippen LogP contribution in [0.3, 0.4) is 0 Å². The Labute approximate surface area is 119 Å². The number of nitro benzene ring substituents is 1. The minimum atomic E-state index is -0.629. The maximum absolute atomic E-state index is 13.1. The lowest BCUT2D eigenvalue weighted by molar-refractivity contribution is -0.384. The maximum Gasteiger partial charge on any atom is 0.295 e. The van der Waals surface area contributed by atoms with E-state index >= 15 is 0 Å². The molecule has 0 aliphatic heterocycles. The highest BCUT2D eigenvalue weighted by molar-refractivity contribution is 7.11. The van der Waals surface area contributed by atoms with Crippen molar-refractivity contribution in [3.63, 3.8) is 0 Å². The molecule has 2 rings (SSSR count). The number of rotatable bonds is 4. The summed E-state index contributed by atoms with van der Waals surface area (Å²) in [7, 11) is 0. The number of anilines is 1. The lowest BCUT2D eigenvalue weighted by Crippen LogP contribution is -2.10. The average Bonchev–Trinajstić information content (AvgIpc) is 2.70. The van der Waals surface area contributed by atoms with E-state index in [0.29, 0.717) is 0 Å². The highest BCUT2D eigenvalue weighted by Crippen LogP contribution is 2.30. The minimum Gasteiger partial charge on any atom is -0.371 e. The summed E-state index contributed by atoms with van der Waals surface area (Å²) in [6, 6.07) is 3.29. The minimum absolute atomic E-state index is 0.191. The van der Waals surface area contributed by atoms with Gasteiger partial charge in [-0.1, -0.05) is 0 Å². The van der Waals surface area contributed by atoms with Crippen LogP contribution in [0.1, 0.15) is 28.5 Å². The van der Waals surface area contributed by atoms with Crippen LogP contribution in [0.15, 0.2) is 18.2 Å². The third-order valence-electron chi connectivity index (χ3n) is 2.88. The summed E-state index contributed by atoms with van der Waals surface area (Å²) in [5.41, 5.74) is 0.863. The fourth-order valence-corrected chi connectivity index (χ4v) is 2.94. The molecule has 0 bridgehead atoms. The van der Waals surface area contributed by atoms with Gasteiger partial charge in [0.15, 0.2) is 0 Å². The first-order valence-corrected chi connectivity index (χ1v) is 6.84. The van der Waals surface area contributed by atoms with Gasteiger partial charge in [0.05, 0.1) is 27.7 Å². The van der Waals surface area contributed by atoms with Crippen LogP contribution >= 0.6 is 11.3 Å². The van der Waals surface area contributed by atoms with Crippen molar-refractivity contribution >= 4 is 22.7 Å². The molecule has 1 heterocycles. The van der Waals surface area contributed by atoms with Crippen molar-refractivity contribution in [2.24, 2.45) is 0 Å². The third kappa shape index (κ3) is 2.93. The quantitative estimate of drug-likeness (QED) is 0.684. The lowest BCUT2D eigenvalue weighted by Gasteiger charge is -2.14. The number of halogens is 1. The van der Waals surface area contributed by atoms with E-state index in [9.17, 15) is 14.5 Å². The highest BCUT2D eigenvalue weighted by Gasteiger charge is 2.19. The molecule has 0 saturated heterocycles.